The summed E-state index contributed by atoms with van der Waals surface area (Å²) < 4.78 is 1.31. The number of aryl methyl sites for hydroxylation is 1. The Balaban J connectivity index is 2.43. The van der Waals surface area contributed by atoms with Crippen LogP contribution in [0.5, 0.6) is 0 Å². The van der Waals surface area contributed by atoms with Gasteiger partial charge in [0.1, 0.15) is 19.1 Å². The molecule has 1 heterocycles. The molecule has 1 rings (SSSR count). The Kier molecular flexibility index (Phi) is 9.08. The van der Waals surface area contributed by atoms with Crippen molar-refractivity contribution in [1.82, 2.24) is 25.6 Å². The highest BCUT2D eigenvalue weighted by atomic mass is 32.1. The molecule has 0 aliphatic heterocycles. The van der Waals surface area contributed by atoms with E-state index < -0.39 is 18.0 Å². The zero-order chi connectivity index (χ0) is 17.9. The summed E-state index contributed by atoms with van der Waals surface area (Å²) in [5, 5.41) is 12.6. The maximum Gasteiger partial charge on any atom is 0.242 e. The molecule has 1 aromatic heterocycles. The van der Waals surface area contributed by atoms with Crippen LogP contribution in [0.25, 0.3) is 0 Å². The molecule has 24 heavy (non-hydrogen) atoms. The molecular weight excluding hydrogens is 354 g/mol. The van der Waals surface area contributed by atoms with Gasteiger partial charge in [0.25, 0.3) is 0 Å². The normalized spacial score (nSPS) is 12.9. The Hall–Kier alpha value is -1.88. The van der Waals surface area contributed by atoms with E-state index >= 15 is 0 Å². The number of nitrogens with one attached hydrogen (secondary N) is 2. The minimum absolute atomic E-state index is 0.0931. The number of carbonyl (C=O) groups is 4. The van der Waals surface area contributed by atoms with Crippen molar-refractivity contribution < 1.29 is 19.2 Å². The summed E-state index contributed by atoms with van der Waals surface area (Å²) in [6, 6.07) is -1.26. The SMILES string of the molecule is O=CC(CS)NC(=O)CCc1cn(CC(=O)NC(C=O)CS)nn1. The van der Waals surface area contributed by atoms with Gasteiger partial charge in [0.05, 0.1) is 17.8 Å². The van der Waals surface area contributed by atoms with Crippen LogP contribution in [-0.2, 0) is 32.1 Å². The van der Waals surface area contributed by atoms with Gasteiger partial charge in [0.15, 0.2) is 0 Å². The van der Waals surface area contributed by atoms with Crippen LogP contribution >= 0.6 is 25.3 Å². The third-order valence-electron chi connectivity index (χ3n) is 2.91. The van der Waals surface area contributed by atoms with Crippen molar-refractivity contribution in [2.75, 3.05) is 11.5 Å². The Morgan fingerprint density at radius 1 is 1.12 bits per heavy atom. The number of amides is 2. The van der Waals surface area contributed by atoms with Crippen molar-refractivity contribution in [2.24, 2.45) is 0 Å². The van der Waals surface area contributed by atoms with Gasteiger partial charge in [0.2, 0.25) is 11.8 Å². The van der Waals surface area contributed by atoms with Crippen LogP contribution in [0.3, 0.4) is 0 Å². The zero-order valence-corrected chi connectivity index (χ0v) is 14.6. The molecule has 0 spiro atoms. The molecule has 2 atom stereocenters. The number of aromatic nitrogens is 3. The largest absolute Gasteiger partial charge is 0.346 e. The van der Waals surface area contributed by atoms with Gasteiger partial charge < -0.3 is 20.2 Å². The molecule has 132 valence electrons. The maximum atomic E-state index is 11.7. The first-order valence-electron chi connectivity index (χ1n) is 7.12. The molecule has 0 saturated heterocycles. The predicted molar refractivity (Wildman–Crippen MR) is 92.0 cm³/mol. The van der Waals surface area contributed by atoms with Gasteiger partial charge in [0, 0.05) is 30.5 Å². The van der Waals surface area contributed by atoms with Crippen LogP contribution < -0.4 is 10.6 Å². The monoisotopic (exact) mass is 373 g/mol. The van der Waals surface area contributed by atoms with Gasteiger partial charge in [-0.05, 0) is 0 Å². The standard InChI is InChI=1S/C13H19N5O4S2/c19-5-10(7-23)14-12(21)2-1-9-3-18(17-16-9)4-13(22)15-11(6-20)8-24/h3,5-6,10-11,23-24H,1-2,4,7-8H2,(H,14,21)(H,15,22). The van der Waals surface area contributed by atoms with E-state index in [-0.39, 0.29) is 30.4 Å². The van der Waals surface area contributed by atoms with E-state index in [1.54, 1.807) is 6.20 Å². The summed E-state index contributed by atoms with van der Waals surface area (Å²) in [5.41, 5.74) is 0.535. The van der Waals surface area contributed by atoms with E-state index in [4.69, 9.17) is 0 Å². The van der Waals surface area contributed by atoms with E-state index in [2.05, 4.69) is 46.2 Å². The number of nitrogens with zero attached hydrogens (tertiary/aromatic N) is 3. The average molecular weight is 373 g/mol. The third-order valence-corrected chi connectivity index (χ3v) is 3.70. The lowest BCUT2D eigenvalue weighted by atomic mass is 10.2. The second-order valence-corrected chi connectivity index (χ2v) is 5.62. The molecule has 0 aromatic carbocycles. The van der Waals surface area contributed by atoms with E-state index in [1.165, 1.54) is 4.68 Å². The topological polar surface area (TPSA) is 123 Å². The molecule has 2 unspecified atom stereocenters. The number of thiol groups is 2. The van der Waals surface area contributed by atoms with Crippen molar-refractivity contribution in [2.45, 2.75) is 31.5 Å². The number of carbonyl (C=O) groups excluding carboxylic acids is 4. The summed E-state index contributed by atoms with van der Waals surface area (Å²) in [5.74, 6) is -0.246. The second-order valence-electron chi connectivity index (χ2n) is 4.89. The number of hydrogen-bond acceptors (Lipinski definition) is 8. The van der Waals surface area contributed by atoms with E-state index in [1.807, 2.05) is 0 Å². The van der Waals surface area contributed by atoms with E-state index in [0.717, 1.165) is 0 Å². The Morgan fingerprint density at radius 2 is 1.71 bits per heavy atom. The zero-order valence-electron chi connectivity index (χ0n) is 12.8. The Labute approximate surface area is 149 Å². The molecule has 1 aromatic rings. The van der Waals surface area contributed by atoms with Crippen LogP contribution in [-0.4, -0.2) is 63.0 Å². The summed E-state index contributed by atoms with van der Waals surface area (Å²) in [6.07, 6.45) is 3.22. The molecule has 2 amide bonds. The fraction of sp³-hybridized carbons (Fsp3) is 0.538. The lowest BCUT2D eigenvalue weighted by molar-refractivity contribution is -0.124. The first-order chi connectivity index (χ1) is 11.5. The number of aldehydes is 2. The predicted octanol–water partition coefficient (Wildman–Crippen LogP) is -1.56. The first-order valence-corrected chi connectivity index (χ1v) is 8.38. The lowest BCUT2D eigenvalue weighted by Crippen LogP contribution is -2.39. The fourth-order valence-electron chi connectivity index (χ4n) is 1.70. The first kappa shape index (κ1) is 20.2. The smallest absolute Gasteiger partial charge is 0.242 e. The van der Waals surface area contributed by atoms with Gasteiger partial charge in [-0.3, -0.25) is 9.59 Å². The van der Waals surface area contributed by atoms with Gasteiger partial charge in [-0.1, -0.05) is 5.21 Å². The van der Waals surface area contributed by atoms with Crippen LogP contribution in [0.2, 0.25) is 0 Å². The van der Waals surface area contributed by atoms with Gasteiger partial charge in [-0.15, -0.1) is 5.10 Å². The molecular formula is C13H19N5O4S2. The molecule has 2 N–H and O–H groups in total. The van der Waals surface area contributed by atoms with Crippen molar-refractivity contribution in [3.8, 4) is 0 Å². The van der Waals surface area contributed by atoms with Gasteiger partial charge >= 0.3 is 0 Å². The summed E-state index contributed by atoms with van der Waals surface area (Å²) in [4.78, 5) is 44.6. The maximum absolute atomic E-state index is 11.7. The molecule has 0 fully saturated rings. The molecule has 9 nitrogen and oxygen atoms in total. The summed E-state index contributed by atoms with van der Waals surface area (Å²) >= 11 is 7.88. The van der Waals surface area contributed by atoms with Crippen molar-refractivity contribution in [1.29, 1.82) is 0 Å². The van der Waals surface area contributed by atoms with Crippen LogP contribution in [0, 0.1) is 0 Å². The highest BCUT2D eigenvalue weighted by Gasteiger charge is 2.13. The lowest BCUT2D eigenvalue weighted by Gasteiger charge is -2.09. The molecule has 0 radical (unpaired) electrons. The number of rotatable bonds is 11. The second kappa shape index (κ2) is 10.8. The molecule has 0 aliphatic carbocycles. The minimum atomic E-state index is -0.648. The highest BCUT2D eigenvalue weighted by Crippen LogP contribution is 1.99. The van der Waals surface area contributed by atoms with Crippen LogP contribution in [0.1, 0.15) is 12.1 Å². The fourth-order valence-corrected chi connectivity index (χ4v) is 2.05. The highest BCUT2D eigenvalue weighted by molar-refractivity contribution is 7.80. The molecule has 0 saturated carbocycles. The summed E-state index contributed by atoms with van der Waals surface area (Å²) in [7, 11) is 0. The Bertz CT molecular complexity index is 580. The summed E-state index contributed by atoms with van der Waals surface area (Å²) in [6.45, 7) is -0.0931. The van der Waals surface area contributed by atoms with Crippen molar-refractivity contribution >= 4 is 49.6 Å². The van der Waals surface area contributed by atoms with Crippen molar-refractivity contribution in [3.05, 3.63) is 11.9 Å². The van der Waals surface area contributed by atoms with Crippen molar-refractivity contribution in [3.63, 3.8) is 0 Å². The van der Waals surface area contributed by atoms with Gasteiger partial charge in [-0.25, -0.2) is 4.68 Å². The molecule has 0 aliphatic rings. The Morgan fingerprint density at radius 3 is 2.25 bits per heavy atom. The van der Waals surface area contributed by atoms with Crippen LogP contribution in [0.15, 0.2) is 6.20 Å². The van der Waals surface area contributed by atoms with E-state index in [9.17, 15) is 19.2 Å². The quantitative estimate of drug-likeness (QED) is 0.275. The number of hydrogen-bond donors (Lipinski definition) is 4. The van der Waals surface area contributed by atoms with Gasteiger partial charge in [-0.2, -0.15) is 25.3 Å². The minimum Gasteiger partial charge on any atom is -0.346 e. The van der Waals surface area contributed by atoms with Crippen LogP contribution in [0.4, 0.5) is 0 Å². The average Bonchev–Trinajstić information content (AvgIpc) is 3.02. The molecule has 11 heteroatoms. The third kappa shape index (κ3) is 7.13. The molecule has 0 bridgehead atoms. The van der Waals surface area contributed by atoms with E-state index in [0.29, 0.717) is 24.7 Å².